The van der Waals surface area contributed by atoms with E-state index < -0.39 is 30.0 Å². The van der Waals surface area contributed by atoms with Crippen molar-refractivity contribution in [1.82, 2.24) is 10.2 Å². The maximum atomic E-state index is 13.0. The van der Waals surface area contributed by atoms with Gasteiger partial charge in [-0.25, -0.2) is 4.79 Å². The van der Waals surface area contributed by atoms with E-state index in [2.05, 4.69) is 5.32 Å². The number of amides is 2. The minimum absolute atomic E-state index is 0.0728. The van der Waals surface area contributed by atoms with Crippen molar-refractivity contribution in [2.75, 3.05) is 14.2 Å². The molecule has 28 heavy (non-hydrogen) atoms. The van der Waals surface area contributed by atoms with Crippen LogP contribution in [0.2, 0.25) is 0 Å². The third-order valence-corrected chi connectivity index (χ3v) is 4.64. The number of hydrogen-bond acceptors (Lipinski definition) is 6. The SMILES string of the molecule is COC(=O)[C@H](CC(C)C)NC(=O)[C@H](Cc1ccoc1)N(C)C(=O)[C@@H](N)C(C)C. The maximum Gasteiger partial charge on any atom is 0.328 e. The average molecular weight is 396 g/mol. The average Bonchev–Trinajstić information content (AvgIpc) is 3.15. The largest absolute Gasteiger partial charge is 0.472 e. The Kier molecular flexibility index (Phi) is 9.18. The Morgan fingerprint density at radius 1 is 1.25 bits per heavy atom. The number of methoxy groups -OCH3 is 1. The van der Waals surface area contributed by atoms with Crippen LogP contribution in [0.25, 0.3) is 0 Å². The van der Waals surface area contributed by atoms with Crippen LogP contribution in [0.5, 0.6) is 0 Å². The third kappa shape index (κ3) is 6.67. The summed E-state index contributed by atoms with van der Waals surface area (Å²) in [5.41, 5.74) is 6.75. The quantitative estimate of drug-likeness (QED) is 0.578. The van der Waals surface area contributed by atoms with Gasteiger partial charge in [0.2, 0.25) is 11.8 Å². The van der Waals surface area contributed by atoms with Crippen LogP contribution in [0.3, 0.4) is 0 Å². The van der Waals surface area contributed by atoms with Crippen LogP contribution in [0.15, 0.2) is 23.0 Å². The molecule has 0 aliphatic rings. The van der Waals surface area contributed by atoms with Gasteiger partial charge in [-0.05, 0) is 29.9 Å². The molecule has 0 radical (unpaired) electrons. The number of nitrogens with zero attached hydrogens (tertiary/aromatic N) is 1. The van der Waals surface area contributed by atoms with Gasteiger partial charge in [0.15, 0.2) is 0 Å². The molecule has 0 aromatic carbocycles. The van der Waals surface area contributed by atoms with Crippen molar-refractivity contribution >= 4 is 17.8 Å². The zero-order valence-corrected chi connectivity index (χ0v) is 17.6. The van der Waals surface area contributed by atoms with E-state index in [-0.39, 0.29) is 24.2 Å². The molecule has 8 heteroatoms. The summed E-state index contributed by atoms with van der Waals surface area (Å²) < 4.78 is 9.88. The fraction of sp³-hybridized carbons (Fsp3) is 0.650. The Labute approximate surface area is 166 Å². The number of furan rings is 1. The van der Waals surface area contributed by atoms with Gasteiger partial charge >= 0.3 is 5.97 Å². The zero-order chi connectivity index (χ0) is 21.4. The van der Waals surface area contributed by atoms with Gasteiger partial charge in [0.1, 0.15) is 12.1 Å². The monoisotopic (exact) mass is 395 g/mol. The minimum Gasteiger partial charge on any atom is -0.472 e. The van der Waals surface area contributed by atoms with Crippen molar-refractivity contribution in [1.29, 1.82) is 0 Å². The second-order valence-corrected chi connectivity index (χ2v) is 7.78. The Bertz CT molecular complexity index is 642. The van der Waals surface area contributed by atoms with Gasteiger partial charge in [-0.15, -0.1) is 0 Å². The molecule has 0 saturated heterocycles. The van der Waals surface area contributed by atoms with Crippen molar-refractivity contribution in [3.05, 3.63) is 24.2 Å². The first-order chi connectivity index (χ1) is 13.1. The van der Waals surface area contributed by atoms with Gasteiger partial charge in [-0.2, -0.15) is 0 Å². The van der Waals surface area contributed by atoms with Crippen LogP contribution < -0.4 is 11.1 Å². The molecule has 3 atom stereocenters. The van der Waals surface area contributed by atoms with Crippen molar-refractivity contribution < 1.29 is 23.5 Å². The van der Waals surface area contributed by atoms with Gasteiger partial charge in [0.25, 0.3) is 0 Å². The molecule has 1 aromatic heterocycles. The highest BCUT2D eigenvalue weighted by molar-refractivity contribution is 5.92. The van der Waals surface area contributed by atoms with Gasteiger partial charge in [-0.3, -0.25) is 9.59 Å². The highest BCUT2D eigenvalue weighted by Gasteiger charge is 2.33. The molecule has 1 rings (SSSR count). The number of carbonyl (C=O) groups is 3. The number of rotatable bonds is 10. The summed E-state index contributed by atoms with van der Waals surface area (Å²) in [6.07, 6.45) is 3.69. The highest BCUT2D eigenvalue weighted by Crippen LogP contribution is 2.14. The molecule has 3 N–H and O–H groups in total. The lowest BCUT2D eigenvalue weighted by Crippen LogP contribution is -2.56. The summed E-state index contributed by atoms with van der Waals surface area (Å²) in [4.78, 5) is 39.2. The van der Waals surface area contributed by atoms with E-state index in [1.54, 1.807) is 13.1 Å². The van der Waals surface area contributed by atoms with E-state index in [4.69, 9.17) is 14.9 Å². The number of hydrogen-bond donors (Lipinski definition) is 2. The first-order valence-corrected chi connectivity index (χ1v) is 9.49. The predicted molar refractivity (Wildman–Crippen MR) is 105 cm³/mol. The Morgan fingerprint density at radius 3 is 2.36 bits per heavy atom. The van der Waals surface area contributed by atoms with Crippen LogP contribution in [-0.2, 0) is 25.5 Å². The number of nitrogens with two attached hydrogens (primary N) is 1. The molecule has 2 amide bonds. The van der Waals surface area contributed by atoms with E-state index in [0.717, 1.165) is 5.56 Å². The summed E-state index contributed by atoms with van der Waals surface area (Å²) in [6.45, 7) is 7.58. The van der Waals surface area contributed by atoms with Gasteiger partial charge in [0, 0.05) is 13.5 Å². The Morgan fingerprint density at radius 2 is 1.89 bits per heavy atom. The lowest BCUT2D eigenvalue weighted by Gasteiger charge is -2.31. The third-order valence-electron chi connectivity index (χ3n) is 4.64. The number of esters is 1. The summed E-state index contributed by atoms with van der Waals surface area (Å²) in [6, 6.07) is -0.620. The first kappa shape index (κ1) is 23.7. The molecule has 0 saturated carbocycles. The smallest absolute Gasteiger partial charge is 0.328 e. The molecular formula is C20H33N3O5. The fourth-order valence-electron chi connectivity index (χ4n) is 2.81. The van der Waals surface area contributed by atoms with Crippen LogP contribution in [0, 0.1) is 11.8 Å². The maximum absolute atomic E-state index is 13.0. The van der Waals surface area contributed by atoms with E-state index in [9.17, 15) is 14.4 Å². The first-order valence-electron chi connectivity index (χ1n) is 9.49. The Balaban J connectivity index is 3.06. The number of likely N-dealkylation sites (N-methyl/N-ethyl adjacent to an activating group) is 1. The van der Waals surface area contributed by atoms with Crippen LogP contribution >= 0.6 is 0 Å². The summed E-state index contributed by atoms with van der Waals surface area (Å²) in [7, 11) is 2.83. The van der Waals surface area contributed by atoms with Crippen molar-refractivity contribution in [3.63, 3.8) is 0 Å². The van der Waals surface area contributed by atoms with Crippen molar-refractivity contribution in [3.8, 4) is 0 Å². The number of nitrogens with one attached hydrogen (secondary N) is 1. The molecule has 0 fully saturated rings. The molecule has 0 aliphatic carbocycles. The summed E-state index contributed by atoms with van der Waals surface area (Å²) in [5.74, 6) is -1.19. The highest BCUT2D eigenvalue weighted by atomic mass is 16.5. The fourth-order valence-corrected chi connectivity index (χ4v) is 2.81. The van der Waals surface area contributed by atoms with Crippen LogP contribution in [0.4, 0.5) is 0 Å². The molecule has 0 aliphatic heterocycles. The molecule has 1 aromatic rings. The minimum atomic E-state index is -0.839. The van der Waals surface area contributed by atoms with Gasteiger partial charge in [0.05, 0.1) is 25.7 Å². The van der Waals surface area contributed by atoms with Crippen molar-refractivity contribution in [2.45, 2.75) is 58.7 Å². The van der Waals surface area contributed by atoms with E-state index in [1.165, 1.54) is 24.5 Å². The second-order valence-electron chi connectivity index (χ2n) is 7.78. The molecular weight excluding hydrogens is 362 g/mol. The van der Waals surface area contributed by atoms with Crippen LogP contribution in [0.1, 0.15) is 39.7 Å². The van der Waals surface area contributed by atoms with Crippen molar-refractivity contribution in [2.24, 2.45) is 17.6 Å². The lowest BCUT2D eigenvalue weighted by atomic mass is 10.00. The molecule has 1 heterocycles. The van der Waals surface area contributed by atoms with Gasteiger partial charge < -0.3 is 25.1 Å². The van der Waals surface area contributed by atoms with E-state index >= 15 is 0 Å². The van der Waals surface area contributed by atoms with E-state index in [0.29, 0.717) is 6.42 Å². The summed E-state index contributed by atoms with van der Waals surface area (Å²) in [5, 5.41) is 2.74. The van der Waals surface area contributed by atoms with Gasteiger partial charge in [-0.1, -0.05) is 27.7 Å². The molecule has 0 spiro atoms. The van der Waals surface area contributed by atoms with E-state index in [1.807, 2.05) is 27.7 Å². The summed E-state index contributed by atoms with van der Waals surface area (Å²) >= 11 is 0. The normalized spacial score (nSPS) is 14.5. The molecule has 158 valence electrons. The second kappa shape index (κ2) is 10.8. The number of carbonyl (C=O) groups excluding carboxylic acids is 3. The Hall–Kier alpha value is -2.35. The topological polar surface area (TPSA) is 115 Å². The zero-order valence-electron chi connectivity index (χ0n) is 17.6. The molecule has 0 unspecified atom stereocenters. The molecule has 0 bridgehead atoms. The predicted octanol–water partition coefficient (Wildman–Crippen LogP) is 1.34. The molecule has 8 nitrogen and oxygen atoms in total. The standard InChI is InChI=1S/C20H33N3O5/c1-12(2)9-15(20(26)27-6)22-18(24)16(10-14-7-8-28-11-14)23(5)19(25)17(21)13(3)4/h7-8,11-13,15-17H,9-10,21H2,1-6H3,(H,22,24)/t15-,16-,17-/m0/s1. The number of ether oxygens (including phenoxy) is 1. The lowest BCUT2D eigenvalue weighted by molar-refractivity contribution is -0.147. The van der Waals surface area contributed by atoms with Crippen LogP contribution in [-0.4, -0.2) is 55.0 Å².